The van der Waals surface area contributed by atoms with E-state index in [4.69, 9.17) is 5.73 Å². The van der Waals surface area contributed by atoms with Crippen LogP contribution in [0.3, 0.4) is 0 Å². The Bertz CT molecular complexity index is 654. The largest absolute Gasteiger partial charge is 0.368 e. The molecule has 0 saturated carbocycles. The molecule has 102 valence electrons. The van der Waals surface area contributed by atoms with Crippen molar-refractivity contribution in [2.24, 2.45) is 0 Å². The lowest BCUT2D eigenvalue weighted by atomic mass is 9.88. The fourth-order valence-corrected chi connectivity index (χ4v) is 3.03. The van der Waals surface area contributed by atoms with Crippen LogP contribution in [0.1, 0.15) is 30.9 Å². The first-order chi connectivity index (χ1) is 9.75. The Labute approximate surface area is 126 Å². The van der Waals surface area contributed by atoms with Crippen LogP contribution in [0.4, 0.5) is 5.95 Å². The minimum atomic E-state index is 0.337. The van der Waals surface area contributed by atoms with Gasteiger partial charge in [-0.2, -0.15) is 0 Å². The molecule has 20 heavy (non-hydrogen) atoms. The Morgan fingerprint density at radius 3 is 2.85 bits per heavy atom. The SMILES string of the molecule is Nc1ncc(-c2ccncc2Br)c(C2CC=CCC2)n1. The normalized spacial score (nSPS) is 18.1. The number of hydrogen-bond donors (Lipinski definition) is 1. The van der Waals surface area contributed by atoms with Crippen molar-refractivity contribution in [2.45, 2.75) is 25.2 Å². The van der Waals surface area contributed by atoms with E-state index in [1.807, 2.05) is 12.3 Å². The summed E-state index contributed by atoms with van der Waals surface area (Å²) in [6, 6.07) is 1.97. The van der Waals surface area contributed by atoms with Crippen LogP contribution >= 0.6 is 15.9 Å². The molecule has 3 rings (SSSR count). The standard InChI is InChI=1S/C15H15BrN4/c16-13-9-18-7-6-11(13)12-8-19-15(17)20-14(12)10-4-2-1-3-5-10/h1-2,6-10H,3-5H2,(H2,17,19,20). The molecule has 1 aliphatic rings. The number of anilines is 1. The molecule has 0 aliphatic heterocycles. The first-order valence-electron chi connectivity index (χ1n) is 6.63. The van der Waals surface area contributed by atoms with Gasteiger partial charge in [0.15, 0.2) is 0 Å². The average molecular weight is 331 g/mol. The van der Waals surface area contributed by atoms with E-state index in [2.05, 4.69) is 43.0 Å². The quantitative estimate of drug-likeness (QED) is 0.852. The van der Waals surface area contributed by atoms with Crippen molar-refractivity contribution >= 4 is 21.9 Å². The van der Waals surface area contributed by atoms with Crippen LogP contribution < -0.4 is 5.73 Å². The highest BCUT2D eigenvalue weighted by atomic mass is 79.9. The number of nitrogens with zero attached hydrogens (tertiary/aromatic N) is 3. The fraction of sp³-hybridized carbons (Fsp3) is 0.267. The van der Waals surface area contributed by atoms with E-state index in [1.54, 1.807) is 12.4 Å². The van der Waals surface area contributed by atoms with Crippen molar-refractivity contribution in [3.8, 4) is 11.1 Å². The van der Waals surface area contributed by atoms with Gasteiger partial charge in [-0.15, -0.1) is 0 Å². The lowest BCUT2D eigenvalue weighted by Crippen LogP contribution is -2.09. The van der Waals surface area contributed by atoms with Gasteiger partial charge in [0.05, 0.1) is 5.69 Å². The first kappa shape index (κ1) is 13.2. The van der Waals surface area contributed by atoms with Gasteiger partial charge < -0.3 is 5.73 Å². The number of hydrogen-bond acceptors (Lipinski definition) is 4. The molecule has 1 atom stereocenters. The second-order valence-electron chi connectivity index (χ2n) is 4.86. The van der Waals surface area contributed by atoms with Crippen molar-refractivity contribution in [3.63, 3.8) is 0 Å². The van der Waals surface area contributed by atoms with E-state index in [-0.39, 0.29) is 0 Å². The second kappa shape index (κ2) is 5.71. The zero-order valence-corrected chi connectivity index (χ0v) is 12.5. The third-order valence-electron chi connectivity index (χ3n) is 3.56. The molecule has 0 amide bonds. The lowest BCUT2D eigenvalue weighted by molar-refractivity contribution is 0.602. The predicted molar refractivity (Wildman–Crippen MR) is 83.1 cm³/mol. The maximum atomic E-state index is 5.79. The van der Waals surface area contributed by atoms with E-state index in [0.717, 1.165) is 40.6 Å². The van der Waals surface area contributed by atoms with E-state index in [9.17, 15) is 0 Å². The van der Waals surface area contributed by atoms with Crippen molar-refractivity contribution in [1.82, 2.24) is 15.0 Å². The highest BCUT2D eigenvalue weighted by molar-refractivity contribution is 9.10. The lowest BCUT2D eigenvalue weighted by Gasteiger charge is -2.20. The topological polar surface area (TPSA) is 64.7 Å². The van der Waals surface area contributed by atoms with Crippen LogP contribution in [0.2, 0.25) is 0 Å². The summed E-state index contributed by atoms with van der Waals surface area (Å²) in [5.74, 6) is 0.740. The zero-order chi connectivity index (χ0) is 13.9. The molecular formula is C15H15BrN4. The monoisotopic (exact) mass is 330 g/mol. The molecular weight excluding hydrogens is 316 g/mol. The van der Waals surface area contributed by atoms with Gasteiger partial charge in [0.25, 0.3) is 0 Å². The Morgan fingerprint density at radius 1 is 1.20 bits per heavy atom. The van der Waals surface area contributed by atoms with Crippen LogP contribution in [0.25, 0.3) is 11.1 Å². The van der Waals surface area contributed by atoms with Gasteiger partial charge >= 0.3 is 0 Å². The third kappa shape index (κ3) is 2.58. The van der Waals surface area contributed by atoms with E-state index >= 15 is 0 Å². The molecule has 0 bridgehead atoms. The number of allylic oxidation sites excluding steroid dienone is 2. The van der Waals surface area contributed by atoms with Gasteiger partial charge in [-0.05, 0) is 41.3 Å². The summed E-state index contributed by atoms with van der Waals surface area (Å²) in [7, 11) is 0. The smallest absolute Gasteiger partial charge is 0.220 e. The second-order valence-corrected chi connectivity index (χ2v) is 5.72. The Balaban J connectivity index is 2.11. The maximum Gasteiger partial charge on any atom is 0.220 e. The van der Waals surface area contributed by atoms with Crippen molar-refractivity contribution < 1.29 is 0 Å². The summed E-state index contributed by atoms with van der Waals surface area (Å²) < 4.78 is 0.945. The molecule has 2 aromatic heterocycles. The number of nitrogen functional groups attached to an aromatic ring is 1. The highest BCUT2D eigenvalue weighted by Crippen LogP contribution is 2.36. The molecule has 2 aromatic rings. The summed E-state index contributed by atoms with van der Waals surface area (Å²) in [6.45, 7) is 0. The number of halogens is 1. The summed E-state index contributed by atoms with van der Waals surface area (Å²) >= 11 is 3.55. The number of nitrogens with two attached hydrogens (primary N) is 1. The molecule has 0 aromatic carbocycles. The molecule has 4 nitrogen and oxygen atoms in total. The fourth-order valence-electron chi connectivity index (χ4n) is 2.56. The molecule has 2 heterocycles. The predicted octanol–water partition coefficient (Wildman–Crippen LogP) is 3.71. The van der Waals surface area contributed by atoms with Gasteiger partial charge in [0, 0.05) is 40.1 Å². The van der Waals surface area contributed by atoms with Crippen molar-refractivity contribution in [1.29, 1.82) is 0 Å². The average Bonchev–Trinajstić information content (AvgIpc) is 2.49. The van der Waals surface area contributed by atoms with Crippen LogP contribution in [0, 0.1) is 0 Å². The highest BCUT2D eigenvalue weighted by Gasteiger charge is 2.20. The van der Waals surface area contributed by atoms with Gasteiger partial charge in [0.2, 0.25) is 5.95 Å². The Morgan fingerprint density at radius 2 is 2.10 bits per heavy atom. The van der Waals surface area contributed by atoms with Gasteiger partial charge in [0.1, 0.15) is 0 Å². The van der Waals surface area contributed by atoms with Gasteiger partial charge in [-0.3, -0.25) is 4.98 Å². The Hall–Kier alpha value is -1.75. The van der Waals surface area contributed by atoms with E-state index in [0.29, 0.717) is 11.9 Å². The molecule has 1 unspecified atom stereocenters. The van der Waals surface area contributed by atoms with Crippen molar-refractivity contribution in [3.05, 3.63) is 47.0 Å². The molecule has 0 radical (unpaired) electrons. The van der Waals surface area contributed by atoms with Crippen LogP contribution in [-0.4, -0.2) is 15.0 Å². The Kier molecular flexibility index (Phi) is 3.78. The molecule has 5 heteroatoms. The number of aromatic nitrogens is 3. The summed E-state index contributed by atoms with van der Waals surface area (Å²) in [5.41, 5.74) is 8.92. The van der Waals surface area contributed by atoms with Gasteiger partial charge in [-0.1, -0.05) is 12.2 Å². The molecule has 0 fully saturated rings. The van der Waals surface area contributed by atoms with Gasteiger partial charge in [-0.25, -0.2) is 9.97 Å². The molecule has 0 saturated heterocycles. The molecule has 0 spiro atoms. The summed E-state index contributed by atoms with van der Waals surface area (Å²) in [5, 5.41) is 0. The maximum absolute atomic E-state index is 5.79. The minimum absolute atomic E-state index is 0.337. The van der Waals surface area contributed by atoms with Crippen LogP contribution in [0.15, 0.2) is 41.3 Å². The minimum Gasteiger partial charge on any atom is -0.368 e. The summed E-state index contributed by atoms with van der Waals surface area (Å²) in [4.78, 5) is 12.8. The number of rotatable bonds is 2. The first-order valence-corrected chi connectivity index (χ1v) is 7.42. The number of pyridine rings is 1. The molecule has 2 N–H and O–H groups in total. The van der Waals surface area contributed by atoms with Crippen LogP contribution in [-0.2, 0) is 0 Å². The zero-order valence-electron chi connectivity index (χ0n) is 11.0. The molecule has 1 aliphatic carbocycles. The van der Waals surface area contributed by atoms with E-state index in [1.165, 1.54) is 0 Å². The van der Waals surface area contributed by atoms with E-state index < -0.39 is 0 Å². The van der Waals surface area contributed by atoms with Crippen molar-refractivity contribution in [2.75, 3.05) is 5.73 Å². The third-order valence-corrected chi connectivity index (χ3v) is 4.19. The summed E-state index contributed by atoms with van der Waals surface area (Å²) in [6.07, 6.45) is 13.0. The van der Waals surface area contributed by atoms with Crippen LogP contribution in [0.5, 0.6) is 0 Å².